The van der Waals surface area contributed by atoms with E-state index in [0.29, 0.717) is 35.8 Å². The Labute approximate surface area is 185 Å². The van der Waals surface area contributed by atoms with Crippen molar-refractivity contribution in [3.05, 3.63) is 40.9 Å². The van der Waals surface area contributed by atoms with E-state index in [4.69, 9.17) is 4.74 Å². The van der Waals surface area contributed by atoms with E-state index in [1.807, 2.05) is 11.4 Å². The summed E-state index contributed by atoms with van der Waals surface area (Å²) in [6.45, 7) is 6.42. The summed E-state index contributed by atoms with van der Waals surface area (Å²) in [7, 11) is 0. The number of likely N-dealkylation sites (tertiary alicyclic amines) is 1. The second kappa shape index (κ2) is 7.96. The Morgan fingerprint density at radius 1 is 1.29 bits per heavy atom. The van der Waals surface area contributed by atoms with E-state index < -0.39 is 5.72 Å². The maximum absolute atomic E-state index is 12.7. The SMILES string of the molecule is CC(C)(C)c1csc(NC(=O)CN2CCC3(CCC2=O)NC(=O)c2ccccc2O3)n1. The molecule has 1 unspecified atom stereocenters. The predicted octanol–water partition coefficient (Wildman–Crippen LogP) is 2.91. The van der Waals surface area contributed by atoms with Gasteiger partial charge in [0.05, 0.1) is 17.8 Å². The summed E-state index contributed by atoms with van der Waals surface area (Å²) >= 11 is 1.37. The molecule has 4 rings (SSSR count). The van der Waals surface area contributed by atoms with Crippen molar-refractivity contribution in [1.29, 1.82) is 0 Å². The molecule has 3 amide bonds. The zero-order chi connectivity index (χ0) is 22.2. The third-order valence-electron chi connectivity index (χ3n) is 5.51. The van der Waals surface area contributed by atoms with E-state index in [9.17, 15) is 14.4 Å². The Morgan fingerprint density at radius 3 is 2.81 bits per heavy atom. The molecule has 9 heteroatoms. The number of anilines is 1. The molecule has 1 spiro atoms. The van der Waals surface area contributed by atoms with Gasteiger partial charge in [-0.25, -0.2) is 4.98 Å². The number of hydrogen-bond acceptors (Lipinski definition) is 6. The maximum atomic E-state index is 12.7. The molecule has 164 valence electrons. The van der Waals surface area contributed by atoms with E-state index in [1.165, 1.54) is 16.2 Å². The molecule has 1 aromatic heterocycles. The molecule has 2 aliphatic heterocycles. The number of carbonyl (C=O) groups excluding carboxylic acids is 3. The van der Waals surface area contributed by atoms with Crippen LogP contribution >= 0.6 is 11.3 Å². The van der Waals surface area contributed by atoms with Crippen LogP contribution in [0.1, 0.15) is 56.1 Å². The third kappa shape index (κ3) is 4.56. The van der Waals surface area contributed by atoms with Crippen molar-refractivity contribution in [3.63, 3.8) is 0 Å². The number of nitrogens with one attached hydrogen (secondary N) is 2. The number of fused-ring (bicyclic) bond motifs is 1. The van der Waals surface area contributed by atoms with Crippen LogP contribution < -0.4 is 15.4 Å². The fraction of sp³-hybridized carbons (Fsp3) is 0.455. The molecule has 31 heavy (non-hydrogen) atoms. The highest BCUT2D eigenvalue weighted by Crippen LogP contribution is 2.33. The standard InChI is InChI=1S/C22H26N4O4S/c1-21(2,3)16-13-31-20(23-16)24-17(27)12-26-11-10-22(9-8-18(26)28)25-19(29)14-6-4-5-7-15(14)30-22/h4-7,13H,8-12H2,1-3H3,(H,25,29)(H,23,24,27). The Hall–Kier alpha value is -2.94. The first-order chi connectivity index (χ1) is 14.7. The van der Waals surface area contributed by atoms with Crippen LogP contribution in [0.4, 0.5) is 5.13 Å². The van der Waals surface area contributed by atoms with Gasteiger partial charge in [0, 0.05) is 36.6 Å². The van der Waals surface area contributed by atoms with Crippen LogP contribution in [-0.2, 0) is 15.0 Å². The lowest BCUT2D eigenvalue weighted by Gasteiger charge is -2.38. The Bertz CT molecular complexity index is 1030. The molecule has 0 saturated carbocycles. The lowest BCUT2D eigenvalue weighted by Crippen LogP contribution is -2.56. The van der Waals surface area contributed by atoms with Gasteiger partial charge in [-0.3, -0.25) is 14.4 Å². The van der Waals surface area contributed by atoms with Gasteiger partial charge in [0.15, 0.2) is 10.9 Å². The number of para-hydroxylation sites is 1. The molecule has 0 bridgehead atoms. The number of hydrogen-bond donors (Lipinski definition) is 2. The predicted molar refractivity (Wildman–Crippen MR) is 117 cm³/mol. The number of rotatable bonds is 3. The number of benzene rings is 1. The summed E-state index contributed by atoms with van der Waals surface area (Å²) in [6, 6.07) is 7.06. The number of thiazole rings is 1. The van der Waals surface area contributed by atoms with E-state index in [2.05, 4.69) is 36.4 Å². The molecule has 8 nitrogen and oxygen atoms in total. The molecular formula is C22H26N4O4S. The molecule has 0 aliphatic carbocycles. The molecule has 1 atom stereocenters. The van der Waals surface area contributed by atoms with Gasteiger partial charge in [-0.1, -0.05) is 32.9 Å². The van der Waals surface area contributed by atoms with Crippen molar-refractivity contribution in [1.82, 2.24) is 15.2 Å². The van der Waals surface area contributed by atoms with Gasteiger partial charge in [0.1, 0.15) is 5.75 Å². The monoisotopic (exact) mass is 442 g/mol. The summed E-state index contributed by atoms with van der Waals surface area (Å²) < 4.78 is 6.12. The zero-order valence-electron chi connectivity index (χ0n) is 17.9. The quantitative estimate of drug-likeness (QED) is 0.761. The zero-order valence-corrected chi connectivity index (χ0v) is 18.7. The van der Waals surface area contributed by atoms with Crippen LogP contribution in [0.15, 0.2) is 29.6 Å². The van der Waals surface area contributed by atoms with E-state index >= 15 is 0 Å². The smallest absolute Gasteiger partial charge is 0.258 e. The second-order valence-corrected chi connectivity index (χ2v) is 9.81. The van der Waals surface area contributed by atoms with Gasteiger partial charge in [0.2, 0.25) is 11.8 Å². The number of aromatic nitrogens is 1. The highest BCUT2D eigenvalue weighted by Gasteiger charge is 2.42. The summed E-state index contributed by atoms with van der Waals surface area (Å²) in [5, 5.41) is 8.17. The lowest BCUT2D eigenvalue weighted by molar-refractivity contribution is -0.134. The third-order valence-corrected chi connectivity index (χ3v) is 6.27. The van der Waals surface area contributed by atoms with Crippen LogP contribution in [0, 0.1) is 0 Å². The normalized spacial score (nSPS) is 21.2. The highest BCUT2D eigenvalue weighted by atomic mass is 32.1. The topological polar surface area (TPSA) is 101 Å². The van der Waals surface area contributed by atoms with Gasteiger partial charge in [-0.2, -0.15) is 0 Å². The fourth-order valence-electron chi connectivity index (χ4n) is 3.69. The summed E-state index contributed by atoms with van der Waals surface area (Å²) in [6.07, 6.45) is 0.935. The minimum atomic E-state index is -0.941. The number of nitrogens with zero attached hydrogens (tertiary/aromatic N) is 2. The fourth-order valence-corrected chi connectivity index (χ4v) is 4.64. The van der Waals surface area contributed by atoms with Crippen LogP contribution in [0.2, 0.25) is 0 Å². The minimum absolute atomic E-state index is 0.0656. The molecule has 2 aliphatic rings. The van der Waals surface area contributed by atoms with Gasteiger partial charge < -0.3 is 20.3 Å². The lowest BCUT2D eigenvalue weighted by atomic mass is 9.93. The Balaban J connectivity index is 1.40. The molecule has 0 radical (unpaired) electrons. The Kier molecular flexibility index (Phi) is 5.47. The average molecular weight is 443 g/mol. The van der Waals surface area contributed by atoms with Gasteiger partial charge in [-0.05, 0) is 12.1 Å². The number of amides is 3. The average Bonchev–Trinajstić information content (AvgIpc) is 3.13. The van der Waals surface area contributed by atoms with E-state index in [1.54, 1.807) is 18.2 Å². The first-order valence-corrected chi connectivity index (χ1v) is 11.2. The van der Waals surface area contributed by atoms with Gasteiger partial charge >= 0.3 is 0 Å². The second-order valence-electron chi connectivity index (χ2n) is 8.95. The van der Waals surface area contributed by atoms with E-state index in [-0.39, 0.29) is 36.1 Å². The van der Waals surface area contributed by atoms with Crippen LogP contribution in [0.5, 0.6) is 5.75 Å². The Morgan fingerprint density at radius 2 is 2.06 bits per heavy atom. The van der Waals surface area contributed by atoms with Crippen molar-refractivity contribution < 1.29 is 19.1 Å². The maximum Gasteiger partial charge on any atom is 0.258 e. The van der Waals surface area contributed by atoms with Gasteiger partial charge in [-0.15, -0.1) is 11.3 Å². The summed E-state index contributed by atoms with van der Waals surface area (Å²) in [5.74, 6) is -0.126. The van der Waals surface area contributed by atoms with Crippen molar-refractivity contribution in [2.45, 2.75) is 51.2 Å². The molecule has 1 aromatic carbocycles. The minimum Gasteiger partial charge on any atom is -0.467 e. The van der Waals surface area contributed by atoms with Crippen molar-refractivity contribution in [3.8, 4) is 5.75 Å². The summed E-state index contributed by atoms with van der Waals surface area (Å²) in [4.78, 5) is 43.7. The molecule has 1 saturated heterocycles. The molecule has 1 fully saturated rings. The van der Waals surface area contributed by atoms with Crippen LogP contribution in [0.25, 0.3) is 0 Å². The molecule has 2 aromatic rings. The number of carbonyl (C=O) groups is 3. The first-order valence-electron chi connectivity index (χ1n) is 10.3. The molecule has 3 heterocycles. The van der Waals surface area contributed by atoms with Crippen LogP contribution in [-0.4, -0.2) is 46.4 Å². The molecular weight excluding hydrogens is 416 g/mol. The van der Waals surface area contributed by atoms with Crippen molar-refractivity contribution >= 4 is 34.2 Å². The first kappa shape index (κ1) is 21.3. The number of ether oxygens (including phenoxy) is 1. The van der Waals surface area contributed by atoms with Gasteiger partial charge in [0.25, 0.3) is 5.91 Å². The highest BCUT2D eigenvalue weighted by molar-refractivity contribution is 7.13. The van der Waals surface area contributed by atoms with Crippen molar-refractivity contribution in [2.24, 2.45) is 0 Å². The molecule has 2 N–H and O–H groups in total. The van der Waals surface area contributed by atoms with E-state index in [0.717, 1.165) is 5.69 Å². The summed E-state index contributed by atoms with van der Waals surface area (Å²) in [5.41, 5.74) is 0.352. The van der Waals surface area contributed by atoms with Crippen LogP contribution in [0.3, 0.4) is 0 Å². The van der Waals surface area contributed by atoms with Crippen molar-refractivity contribution in [2.75, 3.05) is 18.4 Å². The largest absolute Gasteiger partial charge is 0.467 e.